The van der Waals surface area contributed by atoms with Crippen molar-refractivity contribution in [1.82, 2.24) is 15.1 Å². The maximum atomic E-state index is 5.80. The van der Waals surface area contributed by atoms with Crippen LogP contribution in [-0.2, 0) is 11.3 Å². The van der Waals surface area contributed by atoms with Gasteiger partial charge in [0.25, 0.3) is 0 Å². The molecule has 0 saturated carbocycles. The van der Waals surface area contributed by atoms with Crippen LogP contribution in [0.2, 0.25) is 0 Å². The van der Waals surface area contributed by atoms with Crippen LogP contribution < -0.4 is 10.1 Å². The molecule has 5 heteroatoms. The Labute approximate surface area is 101 Å². The Kier molecular flexibility index (Phi) is 3.29. The lowest BCUT2D eigenvalue weighted by molar-refractivity contribution is 0.0608. The van der Waals surface area contributed by atoms with Crippen LogP contribution in [0.3, 0.4) is 0 Å². The summed E-state index contributed by atoms with van der Waals surface area (Å²) >= 11 is 0. The summed E-state index contributed by atoms with van der Waals surface area (Å²) in [5, 5.41) is 7.94. The molecule has 2 aliphatic rings. The zero-order chi connectivity index (χ0) is 11.5. The van der Waals surface area contributed by atoms with Crippen LogP contribution in [0.15, 0.2) is 6.07 Å². The molecule has 94 valence electrons. The van der Waals surface area contributed by atoms with Gasteiger partial charge in [0.2, 0.25) is 5.88 Å². The summed E-state index contributed by atoms with van der Waals surface area (Å²) in [6, 6.07) is 2.04. The third-order valence-corrected chi connectivity index (χ3v) is 3.29. The van der Waals surface area contributed by atoms with Crippen LogP contribution >= 0.6 is 0 Å². The number of rotatable bonds is 1. The first-order chi connectivity index (χ1) is 8.43. The molecule has 0 spiro atoms. The second kappa shape index (κ2) is 5.06. The van der Waals surface area contributed by atoms with Gasteiger partial charge in [0.05, 0.1) is 18.9 Å². The quantitative estimate of drug-likeness (QED) is 0.795. The summed E-state index contributed by atoms with van der Waals surface area (Å²) in [6.45, 7) is 4.44. The average molecular weight is 237 g/mol. The first-order valence-corrected chi connectivity index (χ1v) is 6.46. The molecule has 17 heavy (non-hydrogen) atoms. The second-order valence-electron chi connectivity index (χ2n) is 4.58. The molecular formula is C12H19N3O2. The molecule has 1 saturated heterocycles. The van der Waals surface area contributed by atoms with E-state index in [9.17, 15) is 0 Å². The fraction of sp³-hybridized carbons (Fsp3) is 0.750. The lowest BCUT2D eigenvalue weighted by Gasteiger charge is -2.11. The van der Waals surface area contributed by atoms with E-state index in [-0.39, 0.29) is 6.10 Å². The highest BCUT2D eigenvalue weighted by Gasteiger charge is 2.21. The lowest BCUT2D eigenvalue weighted by Crippen LogP contribution is -2.16. The molecule has 0 aromatic carbocycles. The zero-order valence-electron chi connectivity index (χ0n) is 10.0. The number of nitrogens with zero attached hydrogens (tertiary/aromatic N) is 2. The van der Waals surface area contributed by atoms with E-state index in [1.165, 1.54) is 0 Å². The van der Waals surface area contributed by atoms with E-state index in [1.807, 2.05) is 10.7 Å². The monoisotopic (exact) mass is 237 g/mol. The molecule has 1 aromatic heterocycles. The standard InChI is InChI=1S/C12H19N3O2/c1-2-7-17-12-9-10(14-15(12)6-1)11-3-4-13-5-8-16-11/h9,11,13H,1-8H2. The Morgan fingerprint density at radius 1 is 1.29 bits per heavy atom. The number of hydrogen-bond acceptors (Lipinski definition) is 4. The fourth-order valence-electron chi connectivity index (χ4n) is 2.34. The van der Waals surface area contributed by atoms with Crippen molar-refractivity contribution < 1.29 is 9.47 Å². The van der Waals surface area contributed by atoms with E-state index in [2.05, 4.69) is 10.4 Å². The first-order valence-electron chi connectivity index (χ1n) is 6.46. The minimum absolute atomic E-state index is 0.119. The first kappa shape index (κ1) is 11.0. The van der Waals surface area contributed by atoms with Crippen molar-refractivity contribution in [1.29, 1.82) is 0 Å². The van der Waals surface area contributed by atoms with Gasteiger partial charge in [-0.1, -0.05) is 0 Å². The van der Waals surface area contributed by atoms with Gasteiger partial charge in [-0.3, -0.25) is 0 Å². The Bertz CT molecular complexity index is 346. The number of aromatic nitrogens is 2. The van der Waals surface area contributed by atoms with Gasteiger partial charge in [0, 0.05) is 19.2 Å². The molecule has 0 bridgehead atoms. The Balaban J connectivity index is 1.78. The van der Waals surface area contributed by atoms with Crippen LogP contribution in [-0.4, -0.2) is 36.1 Å². The van der Waals surface area contributed by atoms with Gasteiger partial charge in [-0.2, -0.15) is 5.10 Å². The Morgan fingerprint density at radius 3 is 3.29 bits per heavy atom. The normalized spacial score (nSPS) is 25.5. The van der Waals surface area contributed by atoms with Crippen molar-refractivity contribution in [2.45, 2.75) is 31.9 Å². The molecule has 0 amide bonds. The summed E-state index contributed by atoms with van der Waals surface area (Å²) in [4.78, 5) is 0. The predicted octanol–water partition coefficient (Wildman–Crippen LogP) is 1.11. The average Bonchev–Trinajstić information content (AvgIpc) is 2.58. The van der Waals surface area contributed by atoms with Crippen molar-refractivity contribution in [3.8, 4) is 5.88 Å². The lowest BCUT2D eigenvalue weighted by atomic mass is 10.2. The number of hydrogen-bond donors (Lipinski definition) is 1. The molecule has 0 aliphatic carbocycles. The van der Waals surface area contributed by atoms with E-state index in [0.717, 1.165) is 63.7 Å². The van der Waals surface area contributed by atoms with Crippen molar-refractivity contribution in [3.63, 3.8) is 0 Å². The summed E-state index contributed by atoms with van der Waals surface area (Å²) in [5.74, 6) is 0.901. The SMILES string of the molecule is c1c(C2CCNCCO2)nn2c1OCCCC2. The topological polar surface area (TPSA) is 48.3 Å². The van der Waals surface area contributed by atoms with Crippen molar-refractivity contribution in [2.75, 3.05) is 26.3 Å². The third kappa shape index (κ3) is 2.45. The molecule has 1 fully saturated rings. The molecule has 1 N–H and O–H groups in total. The molecule has 2 aliphatic heterocycles. The Morgan fingerprint density at radius 2 is 2.29 bits per heavy atom. The van der Waals surface area contributed by atoms with Crippen LogP contribution in [0.4, 0.5) is 0 Å². The highest BCUT2D eigenvalue weighted by atomic mass is 16.5. The highest BCUT2D eigenvalue weighted by Crippen LogP contribution is 2.26. The van der Waals surface area contributed by atoms with Gasteiger partial charge in [-0.15, -0.1) is 0 Å². The molecule has 0 radical (unpaired) electrons. The van der Waals surface area contributed by atoms with Crippen LogP contribution in [0.25, 0.3) is 0 Å². The molecular weight excluding hydrogens is 218 g/mol. The van der Waals surface area contributed by atoms with Gasteiger partial charge >= 0.3 is 0 Å². The van der Waals surface area contributed by atoms with Crippen molar-refractivity contribution in [2.24, 2.45) is 0 Å². The minimum Gasteiger partial charge on any atom is -0.478 e. The largest absolute Gasteiger partial charge is 0.478 e. The van der Waals surface area contributed by atoms with Gasteiger partial charge < -0.3 is 14.8 Å². The molecule has 3 heterocycles. The summed E-state index contributed by atoms with van der Waals surface area (Å²) in [7, 11) is 0. The van der Waals surface area contributed by atoms with Crippen molar-refractivity contribution >= 4 is 0 Å². The number of aryl methyl sites for hydroxylation is 1. The predicted molar refractivity (Wildman–Crippen MR) is 63.1 cm³/mol. The molecule has 1 atom stereocenters. The fourth-order valence-corrected chi connectivity index (χ4v) is 2.34. The minimum atomic E-state index is 0.119. The summed E-state index contributed by atoms with van der Waals surface area (Å²) in [6.07, 6.45) is 3.35. The van der Waals surface area contributed by atoms with E-state index in [4.69, 9.17) is 9.47 Å². The van der Waals surface area contributed by atoms with Gasteiger partial charge in [0.1, 0.15) is 6.10 Å². The third-order valence-electron chi connectivity index (χ3n) is 3.29. The summed E-state index contributed by atoms with van der Waals surface area (Å²) in [5.41, 5.74) is 1.02. The zero-order valence-corrected chi connectivity index (χ0v) is 10.0. The van der Waals surface area contributed by atoms with Gasteiger partial charge in [-0.05, 0) is 25.8 Å². The van der Waals surface area contributed by atoms with Gasteiger partial charge in [-0.25, -0.2) is 4.68 Å². The smallest absolute Gasteiger partial charge is 0.212 e. The summed E-state index contributed by atoms with van der Waals surface area (Å²) < 4.78 is 13.5. The number of nitrogens with one attached hydrogen (secondary N) is 1. The van der Waals surface area contributed by atoms with E-state index in [1.54, 1.807) is 0 Å². The molecule has 1 aromatic rings. The number of ether oxygens (including phenoxy) is 2. The maximum absolute atomic E-state index is 5.80. The van der Waals surface area contributed by atoms with E-state index in [0.29, 0.717) is 0 Å². The van der Waals surface area contributed by atoms with Crippen molar-refractivity contribution in [3.05, 3.63) is 11.8 Å². The second-order valence-corrected chi connectivity index (χ2v) is 4.58. The maximum Gasteiger partial charge on any atom is 0.212 e. The van der Waals surface area contributed by atoms with E-state index < -0.39 is 0 Å². The van der Waals surface area contributed by atoms with E-state index >= 15 is 0 Å². The molecule has 5 nitrogen and oxygen atoms in total. The molecule has 3 rings (SSSR count). The van der Waals surface area contributed by atoms with Crippen LogP contribution in [0.5, 0.6) is 5.88 Å². The number of fused-ring (bicyclic) bond motifs is 1. The highest BCUT2D eigenvalue weighted by molar-refractivity contribution is 5.19. The molecule has 1 unspecified atom stereocenters. The Hall–Kier alpha value is -1.07. The van der Waals surface area contributed by atoms with Gasteiger partial charge in [0.15, 0.2) is 0 Å². The van der Waals surface area contributed by atoms with Crippen LogP contribution in [0, 0.1) is 0 Å². The van der Waals surface area contributed by atoms with Crippen LogP contribution in [0.1, 0.15) is 31.1 Å².